The Morgan fingerprint density at radius 3 is 2.62 bits per heavy atom. The molecule has 21 heavy (non-hydrogen) atoms. The number of unbranched alkanes of at least 4 members (excludes halogenated alkanes) is 1. The maximum atomic E-state index is 11.9. The molecule has 2 N–H and O–H groups in total. The highest BCUT2D eigenvalue weighted by Gasteiger charge is 2.13. The molecule has 0 bridgehead atoms. The number of carboxylic acid groups (broad SMARTS) is 1. The Labute approximate surface area is 126 Å². The van der Waals surface area contributed by atoms with Crippen LogP contribution < -0.4 is 5.32 Å². The van der Waals surface area contributed by atoms with Crippen molar-refractivity contribution in [2.24, 2.45) is 0 Å². The lowest BCUT2D eigenvalue weighted by Crippen LogP contribution is -2.25. The zero-order valence-electron chi connectivity index (χ0n) is 13.0. The molecular weight excluding hydrogens is 268 g/mol. The average Bonchev–Trinajstić information content (AvgIpc) is 2.44. The zero-order valence-corrected chi connectivity index (χ0v) is 13.0. The second-order valence-corrected chi connectivity index (χ2v) is 5.31. The summed E-state index contributed by atoms with van der Waals surface area (Å²) in [5, 5.41) is 11.8. The minimum atomic E-state index is -1.03. The van der Waals surface area contributed by atoms with Crippen LogP contribution in [-0.2, 0) is 4.79 Å². The topological polar surface area (TPSA) is 69.6 Å². The molecule has 1 rings (SSSR count). The van der Waals surface area contributed by atoms with E-state index in [2.05, 4.69) is 17.1 Å². The molecule has 0 heterocycles. The van der Waals surface area contributed by atoms with Crippen LogP contribution in [0.4, 0.5) is 5.69 Å². The van der Waals surface area contributed by atoms with Gasteiger partial charge in [0.1, 0.15) is 0 Å². The second-order valence-electron chi connectivity index (χ2n) is 5.31. The van der Waals surface area contributed by atoms with Crippen LogP contribution in [0.2, 0.25) is 0 Å². The van der Waals surface area contributed by atoms with Crippen LogP contribution in [0.15, 0.2) is 18.2 Å². The van der Waals surface area contributed by atoms with E-state index in [1.54, 1.807) is 18.2 Å². The van der Waals surface area contributed by atoms with Gasteiger partial charge in [0.2, 0.25) is 5.91 Å². The van der Waals surface area contributed by atoms with Gasteiger partial charge in [-0.1, -0.05) is 25.0 Å². The van der Waals surface area contributed by atoms with Crippen molar-refractivity contribution in [2.45, 2.75) is 33.1 Å². The molecule has 0 aliphatic carbocycles. The molecule has 0 aliphatic rings. The molecule has 0 aliphatic heterocycles. The van der Waals surface area contributed by atoms with Crippen LogP contribution >= 0.6 is 0 Å². The van der Waals surface area contributed by atoms with E-state index in [1.165, 1.54) is 0 Å². The molecule has 0 unspecified atom stereocenters. The minimum Gasteiger partial charge on any atom is -0.478 e. The third-order valence-electron chi connectivity index (χ3n) is 3.29. The first-order chi connectivity index (χ1) is 9.93. The van der Waals surface area contributed by atoms with Gasteiger partial charge in [-0.3, -0.25) is 4.79 Å². The molecule has 1 amide bonds. The van der Waals surface area contributed by atoms with Crippen molar-refractivity contribution >= 4 is 17.6 Å². The standard InChI is InChI=1S/C16H24N2O3/c1-4-5-9-18(3)10-8-15(19)17-14-7-6-12(2)11-13(14)16(20)21/h6-7,11H,4-5,8-10H2,1-3H3,(H,17,19)(H,20,21). The molecular formula is C16H24N2O3. The second kappa shape index (κ2) is 8.42. The van der Waals surface area contributed by atoms with Gasteiger partial charge >= 0.3 is 5.97 Å². The number of carboxylic acids is 1. The van der Waals surface area contributed by atoms with E-state index in [1.807, 2.05) is 14.0 Å². The molecule has 5 heteroatoms. The summed E-state index contributed by atoms with van der Waals surface area (Å²) in [6.07, 6.45) is 2.59. The largest absolute Gasteiger partial charge is 0.478 e. The molecule has 0 saturated carbocycles. The van der Waals surface area contributed by atoms with Gasteiger partial charge in [-0.2, -0.15) is 0 Å². The summed E-state index contributed by atoms with van der Waals surface area (Å²) in [7, 11) is 1.98. The Bertz CT molecular complexity index is 500. The average molecular weight is 292 g/mol. The molecule has 5 nitrogen and oxygen atoms in total. The summed E-state index contributed by atoms with van der Waals surface area (Å²) < 4.78 is 0. The highest BCUT2D eigenvalue weighted by Crippen LogP contribution is 2.17. The van der Waals surface area contributed by atoms with Gasteiger partial charge in [0.25, 0.3) is 0 Å². The van der Waals surface area contributed by atoms with Gasteiger partial charge < -0.3 is 15.3 Å². The number of anilines is 1. The first-order valence-electron chi connectivity index (χ1n) is 7.26. The van der Waals surface area contributed by atoms with Crippen molar-refractivity contribution in [1.82, 2.24) is 4.90 Å². The van der Waals surface area contributed by atoms with Gasteiger partial charge in [-0.25, -0.2) is 4.79 Å². The molecule has 116 valence electrons. The number of rotatable bonds is 8. The van der Waals surface area contributed by atoms with Crippen LogP contribution in [0, 0.1) is 6.92 Å². The number of nitrogens with one attached hydrogen (secondary N) is 1. The smallest absolute Gasteiger partial charge is 0.337 e. The van der Waals surface area contributed by atoms with Crippen LogP contribution in [0.5, 0.6) is 0 Å². The summed E-state index contributed by atoms with van der Waals surface area (Å²) in [6, 6.07) is 4.98. The van der Waals surface area contributed by atoms with Crippen molar-refractivity contribution in [2.75, 3.05) is 25.5 Å². The number of carbonyl (C=O) groups excluding carboxylic acids is 1. The molecule has 0 spiro atoms. The quantitative estimate of drug-likeness (QED) is 0.773. The highest BCUT2D eigenvalue weighted by atomic mass is 16.4. The maximum absolute atomic E-state index is 11.9. The van der Waals surface area contributed by atoms with Crippen molar-refractivity contribution in [1.29, 1.82) is 0 Å². The normalized spacial score (nSPS) is 10.7. The fourth-order valence-corrected chi connectivity index (χ4v) is 1.99. The van der Waals surface area contributed by atoms with Gasteiger partial charge in [0.05, 0.1) is 11.3 Å². The van der Waals surface area contributed by atoms with E-state index < -0.39 is 5.97 Å². The summed E-state index contributed by atoms with van der Waals surface area (Å²) in [5.41, 5.74) is 1.33. The van der Waals surface area contributed by atoms with E-state index in [9.17, 15) is 9.59 Å². The number of amides is 1. The number of aromatic carboxylic acids is 1. The third kappa shape index (κ3) is 5.95. The van der Waals surface area contributed by atoms with Crippen LogP contribution in [0.3, 0.4) is 0 Å². The lowest BCUT2D eigenvalue weighted by Gasteiger charge is -2.16. The number of nitrogens with zero attached hydrogens (tertiary/aromatic N) is 1. The molecule has 0 fully saturated rings. The molecule has 0 saturated heterocycles. The van der Waals surface area contributed by atoms with E-state index in [0.717, 1.165) is 24.9 Å². The highest BCUT2D eigenvalue weighted by molar-refractivity contribution is 6.00. The number of benzene rings is 1. The monoisotopic (exact) mass is 292 g/mol. The van der Waals surface area contributed by atoms with Gasteiger partial charge in [-0.15, -0.1) is 0 Å². The summed E-state index contributed by atoms with van der Waals surface area (Å²) in [5.74, 6) is -1.20. The first kappa shape index (κ1) is 17.2. The van der Waals surface area contributed by atoms with Crippen molar-refractivity contribution in [3.05, 3.63) is 29.3 Å². The third-order valence-corrected chi connectivity index (χ3v) is 3.29. The van der Waals surface area contributed by atoms with Gasteiger partial charge in [0.15, 0.2) is 0 Å². The van der Waals surface area contributed by atoms with Crippen LogP contribution in [0.25, 0.3) is 0 Å². The predicted octanol–water partition coefficient (Wildman–Crippen LogP) is 2.75. The molecule has 0 radical (unpaired) electrons. The lowest BCUT2D eigenvalue weighted by atomic mass is 10.1. The first-order valence-corrected chi connectivity index (χ1v) is 7.26. The summed E-state index contributed by atoms with van der Waals surface area (Å²) in [6.45, 7) is 5.58. The van der Waals surface area contributed by atoms with Crippen molar-refractivity contribution in [3.8, 4) is 0 Å². The number of hydrogen-bond donors (Lipinski definition) is 2. The SMILES string of the molecule is CCCCN(C)CCC(=O)Nc1ccc(C)cc1C(=O)O. The predicted molar refractivity (Wildman–Crippen MR) is 83.8 cm³/mol. The van der Waals surface area contributed by atoms with Crippen molar-refractivity contribution < 1.29 is 14.7 Å². The molecule has 1 aromatic rings. The summed E-state index contributed by atoms with van der Waals surface area (Å²) >= 11 is 0. The Kier molecular flexibility index (Phi) is 6.88. The van der Waals surface area contributed by atoms with Gasteiger partial charge in [-0.05, 0) is 39.1 Å². The van der Waals surface area contributed by atoms with Gasteiger partial charge in [0, 0.05) is 13.0 Å². The van der Waals surface area contributed by atoms with E-state index in [0.29, 0.717) is 18.7 Å². The Hall–Kier alpha value is -1.88. The van der Waals surface area contributed by atoms with Crippen molar-refractivity contribution in [3.63, 3.8) is 0 Å². The van der Waals surface area contributed by atoms with E-state index >= 15 is 0 Å². The Balaban J connectivity index is 2.57. The molecule has 0 atom stereocenters. The minimum absolute atomic E-state index is 0.127. The fourth-order valence-electron chi connectivity index (χ4n) is 1.99. The molecule has 0 aromatic heterocycles. The summed E-state index contributed by atoms with van der Waals surface area (Å²) in [4.78, 5) is 25.2. The number of hydrogen-bond acceptors (Lipinski definition) is 3. The Morgan fingerprint density at radius 2 is 2.00 bits per heavy atom. The molecule has 1 aromatic carbocycles. The zero-order chi connectivity index (χ0) is 15.8. The lowest BCUT2D eigenvalue weighted by molar-refractivity contribution is -0.116. The number of carbonyl (C=O) groups is 2. The van der Waals surface area contributed by atoms with Crippen LogP contribution in [0.1, 0.15) is 42.1 Å². The number of aryl methyl sites for hydroxylation is 1. The van der Waals surface area contributed by atoms with E-state index in [4.69, 9.17) is 5.11 Å². The van der Waals surface area contributed by atoms with Crippen LogP contribution in [-0.4, -0.2) is 42.0 Å². The fraction of sp³-hybridized carbons (Fsp3) is 0.500. The van der Waals surface area contributed by atoms with E-state index in [-0.39, 0.29) is 11.5 Å². The Morgan fingerprint density at radius 1 is 1.29 bits per heavy atom. The maximum Gasteiger partial charge on any atom is 0.337 e.